The van der Waals surface area contributed by atoms with Crippen LogP contribution in [0.2, 0.25) is 5.02 Å². The highest BCUT2D eigenvalue weighted by Gasteiger charge is 2.13. The number of ketones is 1. The van der Waals surface area contributed by atoms with Crippen LogP contribution in [-0.4, -0.2) is 5.78 Å². The van der Waals surface area contributed by atoms with Crippen LogP contribution in [0.5, 0.6) is 0 Å². The van der Waals surface area contributed by atoms with Crippen molar-refractivity contribution in [1.29, 1.82) is 0 Å². The van der Waals surface area contributed by atoms with Crippen molar-refractivity contribution in [2.75, 3.05) is 0 Å². The Hall–Kier alpha value is -1.15. The van der Waals surface area contributed by atoms with Gasteiger partial charge in [-0.1, -0.05) is 23.2 Å². The maximum Gasteiger partial charge on any atom is 0.155 e. The summed E-state index contributed by atoms with van der Waals surface area (Å²) in [6.45, 7) is 0. The van der Waals surface area contributed by atoms with Crippen molar-refractivity contribution in [2.45, 2.75) is 19.3 Å². The van der Waals surface area contributed by atoms with Crippen LogP contribution < -0.4 is 0 Å². The van der Waals surface area contributed by atoms with E-state index in [1.165, 1.54) is 12.1 Å². The average Bonchev–Trinajstić information content (AvgIpc) is 2.56. The van der Waals surface area contributed by atoms with Crippen molar-refractivity contribution in [3.05, 3.63) is 46.3 Å². The Morgan fingerprint density at radius 3 is 2.73 bits per heavy atom. The van der Waals surface area contributed by atoms with Gasteiger partial charge in [-0.25, -0.2) is 4.39 Å². The Bertz CT molecular complexity index is 437. The molecule has 1 aliphatic rings. The molecule has 0 N–H and O–H groups in total. The fourth-order valence-corrected chi connectivity index (χ4v) is 1.94. The molecule has 0 aliphatic heterocycles. The Kier molecular flexibility index (Phi) is 2.87. The minimum absolute atomic E-state index is 0.170. The fourth-order valence-electron chi connectivity index (χ4n) is 1.70. The van der Waals surface area contributed by atoms with E-state index in [0.717, 1.165) is 17.6 Å². The largest absolute Gasteiger partial charge is 0.295 e. The van der Waals surface area contributed by atoms with Crippen LogP contribution in [0.4, 0.5) is 4.39 Å². The second-order valence-electron chi connectivity index (χ2n) is 3.68. The van der Waals surface area contributed by atoms with Gasteiger partial charge in [-0.2, -0.15) is 0 Å². The maximum atomic E-state index is 12.8. The summed E-state index contributed by atoms with van der Waals surface area (Å²) in [4.78, 5) is 11.0. The summed E-state index contributed by atoms with van der Waals surface area (Å²) in [5, 5.41) is 0.426. The highest BCUT2D eigenvalue weighted by Crippen LogP contribution is 2.24. The molecule has 0 spiro atoms. The van der Waals surface area contributed by atoms with Crippen molar-refractivity contribution in [1.82, 2.24) is 0 Å². The lowest BCUT2D eigenvalue weighted by molar-refractivity contribution is -0.114. The van der Waals surface area contributed by atoms with Gasteiger partial charge in [-0.15, -0.1) is 0 Å². The van der Waals surface area contributed by atoms with Crippen molar-refractivity contribution in [3.8, 4) is 0 Å². The first-order valence-electron chi connectivity index (χ1n) is 4.81. The number of rotatable bonds is 2. The van der Waals surface area contributed by atoms with Crippen molar-refractivity contribution in [3.63, 3.8) is 0 Å². The Morgan fingerprint density at radius 1 is 1.33 bits per heavy atom. The van der Waals surface area contributed by atoms with E-state index in [9.17, 15) is 9.18 Å². The predicted molar refractivity (Wildman–Crippen MR) is 57.4 cm³/mol. The number of hydrogen-bond acceptors (Lipinski definition) is 1. The first-order chi connectivity index (χ1) is 7.15. The van der Waals surface area contributed by atoms with Crippen molar-refractivity contribution >= 4 is 17.4 Å². The maximum absolute atomic E-state index is 12.8. The molecule has 2 rings (SSSR count). The van der Waals surface area contributed by atoms with Crippen LogP contribution in [-0.2, 0) is 11.2 Å². The van der Waals surface area contributed by atoms with Gasteiger partial charge in [0.15, 0.2) is 5.78 Å². The van der Waals surface area contributed by atoms with Crippen molar-refractivity contribution in [2.24, 2.45) is 0 Å². The van der Waals surface area contributed by atoms with Gasteiger partial charge in [0.1, 0.15) is 5.82 Å². The molecule has 0 bridgehead atoms. The van der Waals surface area contributed by atoms with Crippen LogP contribution in [0.15, 0.2) is 29.8 Å². The number of halogens is 2. The highest BCUT2D eigenvalue weighted by molar-refractivity contribution is 6.31. The summed E-state index contributed by atoms with van der Waals surface area (Å²) in [6, 6.07) is 4.36. The lowest BCUT2D eigenvalue weighted by Crippen LogP contribution is -1.90. The van der Waals surface area contributed by atoms with Crippen LogP contribution in [0, 0.1) is 5.82 Å². The molecule has 0 atom stereocenters. The minimum atomic E-state index is -0.333. The molecule has 0 aromatic heterocycles. The van der Waals surface area contributed by atoms with E-state index in [1.807, 2.05) is 0 Å². The van der Waals surface area contributed by atoms with E-state index in [-0.39, 0.29) is 11.6 Å². The first-order valence-corrected chi connectivity index (χ1v) is 5.19. The number of carbonyl (C=O) groups excluding carboxylic acids is 1. The number of allylic oxidation sites excluding steroid dienone is 2. The molecule has 0 saturated heterocycles. The SMILES string of the molecule is O=C1C=C(Cc2ccc(F)cc2Cl)CC1. The van der Waals surface area contributed by atoms with Crippen LogP contribution in [0.3, 0.4) is 0 Å². The predicted octanol–water partition coefficient (Wildman–Crippen LogP) is 3.31. The Balaban J connectivity index is 2.18. The molecule has 0 heterocycles. The molecule has 0 fully saturated rings. The van der Waals surface area contributed by atoms with Gasteiger partial charge in [-0.3, -0.25) is 4.79 Å². The molecule has 0 radical (unpaired) electrons. The Morgan fingerprint density at radius 2 is 2.13 bits per heavy atom. The third kappa shape index (κ3) is 2.45. The number of benzene rings is 1. The van der Waals surface area contributed by atoms with E-state index >= 15 is 0 Å². The molecular weight excluding hydrogens is 215 g/mol. The molecule has 1 aromatic rings. The van der Waals surface area contributed by atoms with Crippen molar-refractivity contribution < 1.29 is 9.18 Å². The monoisotopic (exact) mass is 224 g/mol. The minimum Gasteiger partial charge on any atom is -0.295 e. The van der Waals surface area contributed by atoms with Gasteiger partial charge >= 0.3 is 0 Å². The van der Waals surface area contributed by atoms with E-state index in [4.69, 9.17) is 11.6 Å². The zero-order valence-electron chi connectivity index (χ0n) is 8.09. The summed E-state index contributed by atoms with van der Waals surface area (Å²) in [6.07, 6.45) is 3.70. The van der Waals surface area contributed by atoms with Gasteiger partial charge in [0.2, 0.25) is 0 Å². The Labute approximate surface area is 92.6 Å². The zero-order chi connectivity index (χ0) is 10.8. The van der Waals surface area contributed by atoms with Gasteiger partial charge in [0.05, 0.1) is 0 Å². The van der Waals surface area contributed by atoms with Gasteiger partial charge < -0.3 is 0 Å². The third-order valence-corrected chi connectivity index (χ3v) is 2.84. The van der Waals surface area contributed by atoms with Crippen LogP contribution in [0.25, 0.3) is 0 Å². The van der Waals surface area contributed by atoms with Gasteiger partial charge in [0.25, 0.3) is 0 Å². The molecule has 1 nitrogen and oxygen atoms in total. The molecule has 78 valence electrons. The molecule has 0 amide bonds. The van der Waals surface area contributed by atoms with Gasteiger partial charge in [0, 0.05) is 11.4 Å². The van der Waals surface area contributed by atoms with E-state index in [2.05, 4.69) is 0 Å². The molecule has 1 aromatic carbocycles. The van der Waals surface area contributed by atoms with E-state index in [1.54, 1.807) is 12.1 Å². The highest BCUT2D eigenvalue weighted by atomic mass is 35.5. The standard InChI is InChI=1S/C12H10ClFO/c13-12-7-10(14)3-2-9(12)5-8-1-4-11(15)6-8/h2-3,6-7H,1,4-5H2. The quantitative estimate of drug-likeness (QED) is 0.753. The lowest BCUT2D eigenvalue weighted by atomic mass is 10.0. The molecule has 0 saturated carbocycles. The third-order valence-electron chi connectivity index (χ3n) is 2.49. The first kappa shape index (κ1) is 10.4. The summed E-state index contributed by atoms with van der Waals surface area (Å²) in [7, 11) is 0. The molecule has 15 heavy (non-hydrogen) atoms. The zero-order valence-corrected chi connectivity index (χ0v) is 8.85. The van der Waals surface area contributed by atoms with Crippen LogP contribution >= 0.6 is 11.6 Å². The lowest BCUT2D eigenvalue weighted by Gasteiger charge is -2.04. The number of carbonyl (C=O) groups is 1. The fraction of sp³-hybridized carbons (Fsp3) is 0.250. The summed E-state index contributed by atoms with van der Waals surface area (Å²) in [5.74, 6) is -0.163. The summed E-state index contributed by atoms with van der Waals surface area (Å²) < 4.78 is 12.8. The van der Waals surface area contributed by atoms with Gasteiger partial charge in [-0.05, 0) is 36.6 Å². The van der Waals surface area contributed by atoms with E-state index in [0.29, 0.717) is 17.9 Å². The summed E-state index contributed by atoms with van der Waals surface area (Å²) >= 11 is 5.89. The molecule has 1 aliphatic carbocycles. The summed E-state index contributed by atoms with van der Waals surface area (Å²) in [5.41, 5.74) is 1.95. The molecular formula is C12H10ClFO. The normalized spacial score (nSPS) is 15.6. The average molecular weight is 225 g/mol. The topological polar surface area (TPSA) is 17.1 Å². The molecule has 0 unspecified atom stereocenters. The van der Waals surface area contributed by atoms with Crippen LogP contribution in [0.1, 0.15) is 18.4 Å². The van der Waals surface area contributed by atoms with E-state index < -0.39 is 0 Å². The second-order valence-corrected chi connectivity index (χ2v) is 4.09. The smallest absolute Gasteiger partial charge is 0.155 e. The number of hydrogen-bond donors (Lipinski definition) is 0. The second kappa shape index (κ2) is 4.15. The molecule has 3 heteroatoms.